The molecule has 0 radical (unpaired) electrons. The number of hydrogen-bond acceptors (Lipinski definition) is 4. The molecule has 5 aliphatic carbocycles. The van der Waals surface area contributed by atoms with Crippen molar-refractivity contribution >= 4 is 11.9 Å². The molecule has 35 heavy (non-hydrogen) atoms. The van der Waals surface area contributed by atoms with Gasteiger partial charge in [-0.2, -0.15) is 0 Å². The number of carboxylic acid groups (broad SMARTS) is 2. The minimum absolute atomic E-state index is 0.0823. The van der Waals surface area contributed by atoms with Gasteiger partial charge in [-0.25, -0.2) is 0 Å². The Balaban J connectivity index is 1.59. The summed E-state index contributed by atoms with van der Waals surface area (Å²) in [6, 6.07) is 0. The van der Waals surface area contributed by atoms with E-state index >= 15 is 0 Å². The van der Waals surface area contributed by atoms with E-state index in [-0.39, 0.29) is 28.6 Å². The van der Waals surface area contributed by atoms with Crippen molar-refractivity contribution in [3.05, 3.63) is 11.1 Å². The Bertz CT molecular complexity index is 984. The maximum Gasteiger partial charge on any atom is 0.312 e. The molecule has 4 N–H and O–H groups in total. The van der Waals surface area contributed by atoms with Crippen LogP contribution in [0.5, 0.6) is 0 Å². The zero-order valence-electron chi connectivity index (χ0n) is 22.1. The normalized spacial score (nSPS) is 50.9. The Hall–Kier alpha value is -1.40. The molecule has 5 rings (SSSR count). The summed E-state index contributed by atoms with van der Waals surface area (Å²) in [6.45, 7) is 10.7. The maximum absolute atomic E-state index is 12.7. The van der Waals surface area contributed by atoms with Crippen LogP contribution in [0.3, 0.4) is 0 Å². The van der Waals surface area contributed by atoms with Gasteiger partial charge < -0.3 is 20.4 Å². The summed E-state index contributed by atoms with van der Waals surface area (Å²) < 4.78 is 0. The molecule has 0 spiro atoms. The molecule has 0 aromatic rings. The van der Waals surface area contributed by atoms with Gasteiger partial charge in [-0.15, -0.1) is 0 Å². The van der Waals surface area contributed by atoms with Crippen molar-refractivity contribution in [1.82, 2.24) is 0 Å². The second kappa shape index (κ2) is 7.56. The van der Waals surface area contributed by atoms with E-state index < -0.39 is 40.4 Å². The molecule has 3 fully saturated rings. The molecule has 5 aliphatic rings. The van der Waals surface area contributed by atoms with Crippen molar-refractivity contribution in [1.29, 1.82) is 0 Å². The minimum atomic E-state index is -1.37. The van der Waals surface area contributed by atoms with Gasteiger partial charge in [0.25, 0.3) is 0 Å². The van der Waals surface area contributed by atoms with Crippen molar-refractivity contribution in [3.63, 3.8) is 0 Å². The van der Waals surface area contributed by atoms with E-state index in [9.17, 15) is 30.0 Å². The van der Waals surface area contributed by atoms with E-state index in [1.54, 1.807) is 6.92 Å². The van der Waals surface area contributed by atoms with Crippen molar-refractivity contribution in [3.8, 4) is 0 Å². The van der Waals surface area contributed by atoms with Gasteiger partial charge in [-0.1, -0.05) is 38.8 Å². The first-order chi connectivity index (χ1) is 16.1. The fraction of sp³-hybridized carbons (Fsp3) is 0.862. The van der Waals surface area contributed by atoms with Crippen LogP contribution in [0.2, 0.25) is 0 Å². The van der Waals surface area contributed by atoms with Gasteiger partial charge in [-0.3, -0.25) is 9.59 Å². The predicted molar refractivity (Wildman–Crippen MR) is 131 cm³/mol. The van der Waals surface area contributed by atoms with Crippen LogP contribution in [0.15, 0.2) is 11.1 Å². The van der Waals surface area contributed by atoms with E-state index in [2.05, 4.69) is 27.7 Å². The van der Waals surface area contributed by atoms with Gasteiger partial charge in [0.05, 0.1) is 23.0 Å². The molecule has 0 heterocycles. The first-order valence-corrected chi connectivity index (χ1v) is 13.7. The summed E-state index contributed by atoms with van der Waals surface area (Å²) in [7, 11) is 0. The van der Waals surface area contributed by atoms with Crippen LogP contribution in [0, 0.1) is 44.8 Å². The van der Waals surface area contributed by atoms with E-state index in [0.717, 1.165) is 44.9 Å². The van der Waals surface area contributed by atoms with Gasteiger partial charge in [0, 0.05) is 0 Å². The molecular formula is C29H44O6. The summed E-state index contributed by atoms with van der Waals surface area (Å²) in [4.78, 5) is 25.1. The molecule has 0 bridgehead atoms. The van der Waals surface area contributed by atoms with Gasteiger partial charge in [-0.05, 0) is 105 Å². The molecule has 0 aliphatic heterocycles. The lowest BCUT2D eigenvalue weighted by Gasteiger charge is -2.67. The lowest BCUT2D eigenvalue weighted by atomic mass is 9.38. The lowest BCUT2D eigenvalue weighted by Crippen LogP contribution is -2.66. The highest BCUT2D eigenvalue weighted by molar-refractivity contribution is 5.77. The number of aliphatic carboxylic acids is 2. The van der Waals surface area contributed by atoms with Gasteiger partial charge in [0.2, 0.25) is 0 Å². The van der Waals surface area contributed by atoms with Crippen LogP contribution >= 0.6 is 0 Å². The number of allylic oxidation sites excluding steroid dienone is 2. The smallest absolute Gasteiger partial charge is 0.312 e. The molecule has 196 valence electrons. The molecule has 9 atom stereocenters. The third-order valence-electron chi connectivity index (χ3n) is 12.2. The van der Waals surface area contributed by atoms with Crippen molar-refractivity contribution in [2.45, 2.75) is 111 Å². The Morgan fingerprint density at radius 3 is 2.11 bits per heavy atom. The van der Waals surface area contributed by atoms with Crippen LogP contribution in [-0.2, 0) is 9.59 Å². The van der Waals surface area contributed by atoms with E-state index in [1.165, 1.54) is 11.1 Å². The Labute approximate surface area is 209 Å². The van der Waals surface area contributed by atoms with Crippen molar-refractivity contribution in [2.24, 2.45) is 44.8 Å². The fourth-order valence-electron chi connectivity index (χ4n) is 10.3. The minimum Gasteiger partial charge on any atom is -0.481 e. The highest BCUT2D eigenvalue weighted by atomic mass is 16.4. The van der Waals surface area contributed by atoms with Crippen LogP contribution in [0.4, 0.5) is 0 Å². The molecule has 0 aromatic carbocycles. The largest absolute Gasteiger partial charge is 0.481 e. The fourth-order valence-corrected chi connectivity index (χ4v) is 10.3. The predicted octanol–water partition coefficient (Wildman–Crippen LogP) is 5.02. The zero-order chi connectivity index (χ0) is 25.8. The third kappa shape index (κ3) is 3.14. The molecule has 6 nitrogen and oxygen atoms in total. The number of hydrogen-bond donors (Lipinski definition) is 4. The maximum atomic E-state index is 12.7. The van der Waals surface area contributed by atoms with Crippen molar-refractivity contribution in [2.75, 3.05) is 0 Å². The number of carboxylic acids is 2. The summed E-state index contributed by atoms with van der Waals surface area (Å²) in [6.07, 6.45) is 5.54. The number of aliphatic hydroxyl groups is 2. The Morgan fingerprint density at radius 2 is 1.49 bits per heavy atom. The molecule has 0 aromatic heterocycles. The molecular weight excluding hydrogens is 444 g/mol. The van der Waals surface area contributed by atoms with Gasteiger partial charge >= 0.3 is 11.9 Å². The third-order valence-corrected chi connectivity index (χ3v) is 12.2. The second-order valence-corrected chi connectivity index (χ2v) is 14.3. The van der Waals surface area contributed by atoms with Crippen LogP contribution < -0.4 is 0 Å². The van der Waals surface area contributed by atoms with Crippen LogP contribution in [0.1, 0.15) is 98.8 Å². The SMILES string of the molecule is CC1(C)CCC2(C(=O)O)CCC3=C(CCC4C3(C)CCC3C4(C)CC(O)C(O)C3(C)C(=O)O)C2C1. The highest BCUT2D eigenvalue weighted by Gasteiger charge is 2.68. The summed E-state index contributed by atoms with van der Waals surface area (Å²) in [5.74, 6) is -1.57. The number of fused-ring (bicyclic) bond motifs is 6. The summed E-state index contributed by atoms with van der Waals surface area (Å²) in [5, 5.41) is 42.3. The zero-order valence-corrected chi connectivity index (χ0v) is 22.1. The lowest BCUT2D eigenvalue weighted by molar-refractivity contribution is -0.224. The van der Waals surface area contributed by atoms with E-state index in [1.807, 2.05) is 0 Å². The summed E-state index contributed by atoms with van der Waals surface area (Å²) in [5.41, 5.74) is 0.437. The topological polar surface area (TPSA) is 115 Å². The number of rotatable bonds is 2. The van der Waals surface area contributed by atoms with E-state index in [4.69, 9.17) is 0 Å². The molecule has 9 unspecified atom stereocenters. The Morgan fingerprint density at radius 1 is 0.800 bits per heavy atom. The first kappa shape index (κ1) is 25.3. The molecule has 3 saturated carbocycles. The molecule has 0 saturated heterocycles. The molecule has 6 heteroatoms. The Kier molecular flexibility index (Phi) is 5.46. The van der Waals surface area contributed by atoms with E-state index in [0.29, 0.717) is 19.3 Å². The van der Waals surface area contributed by atoms with Crippen LogP contribution in [-0.4, -0.2) is 44.6 Å². The monoisotopic (exact) mass is 488 g/mol. The quantitative estimate of drug-likeness (QED) is 0.406. The standard InChI is InChI=1S/C29H44O6/c1-25(2)12-13-29(24(34)35)11-8-17-16(18(29)14-25)6-7-20-26(17,3)10-9-21-27(20,4)15-19(30)22(31)28(21,5)23(32)33/h18-22,30-31H,6-15H2,1-5H3,(H,32,33)(H,34,35). The highest BCUT2D eigenvalue weighted by Crippen LogP contribution is 2.71. The first-order valence-electron chi connectivity index (χ1n) is 13.7. The van der Waals surface area contributed by atoms with Gasteiger partial charge in [0.15, 0.2) is 0 Å². The second-order valence-electron chi connectivity index (χ2n) is 14.3. The number of carbonyl (C=O) groups is 2. The van der Waals surface area contributed by atoms with Crippen LogP contribution in [0.25, 0.3) is 0 Å². The average Bonchev–Trinajstić information content (AvgIpc) is 2.76. The number of aliphatic hydroxyl groups excluding tert-OH is 2. The van der Waals surface area contributed by atoms with Crippen molar-refractivity contribution < 1.29 is 30.0 Å². The van der Waals surface area contributed by atoms with Gasteiger partial charge in [0.1, 0.15) is 0 Å². The molecule has 0 amide bonds. The average molecular weight is 489 g/mol. The summed E-state index contributed by atoms with van der Waals surface area (Å²) >= 11 is 0.